The number of urea groups is 1. The molecular weight excluding hydrogens is 352 g/mol. The van der Waals surface area contributed by atoms with Gasteiger partial charge in [-0.2, -0.15) is 0 Å². The highest BCUT2D eigenvalue weighted by Gasteiger charge is 2.55. The van der Waals surface area contributed by atoms with Gasteiger partial charge in [0.15, 0.2) is 5.78 Å². The summed E-state index contributed by atoms with van der Waals surface area (Å²) in [4.78, 5) is 39.5. The zero-order chi connectivity index (χ0) is 19.9. The molecule has 1 fully saturated rings. The van der Waals surface area contributed by atoms with Crippen molar-refractivity contribution in [1.82, 2.24) is 10.2 Å². The van der Waals surface area contributed by atoms with E-state index in [0.29, 0.717) is 17.9 Å². The molecule has 1 N–H and O–H groups in total. The van der Waals surface area contributed by atoms with Gasteiger partial charge in [-0.3, -0.25) is 14.5 Å². The number of hydrogen-bond acceptors (Lipinski definition) is 3. The van der Waals surface area contributed by atoms with Gasteiger partial charge in [-0.15, -0.1) is 0 Å². The summed E-state index contributed by atoms with van der Waals surface area (Å²) in [7, 11) is 0. The summed E-state index contributed by atoms with van der Waals surface area (Å²) in [5.74, 6) is -0.132. The first-order valence-corrected chi connectivity index (χ1v) is 9.82. The van der Waals surface area contributed by atoms with Gasteiger partial charge < -0.3 is 5.32 Å². The summed E-state index contributed by atoms with van der Waals surface area (Å²) in [6.45, 7) is 4.03. The molecule has 2 aromatic rings. The van der Waals surface area contributed by atoms with E-state index in [4.69, 9.17) is 0 Å². The summed E-state index contributed by atoms with van der Waals surface area (Å²) >= 11 is 0. The average molecular weight is 376 g/mol. The van der Waals surface area contributed by atoms with Crippen LogP contribution >= 0.6 is 0 Å². The fourth-order valence-corrected chi connectivity index (χ4v) is 4.20. The molecule has 1 aliphatic carbocycles. The van der Waals surface area contributed by atoms with Crippen LogP contribution < -0.4 is 5.32 Å². The molecule has 0 saturated carbocycles. The number of benzene rings is 2. The molecule has 144 valence electrons. The highest BCUT2D eigenvalue weighted by atomic mass is 16.2. The molecular formula is C23H24N2O3. The maximum Gasteiger partial charge on any atom is 0.325 e. The Labute approximate surface area is 164 Å². The molecule has 4 rings (SSSR count). The van der Waals surface area contributed by atoms with Crippen molar-refractivity contribution in [3.05, 3.63) is 70.8 Å². The standard InChI is InChI=1S/C23H24N2O3/c1-3-15(2)16-8-10-18(11-9-16)20(26)14-25-21(27)23(24-22(25)28)13-12-17-6-4-5-7-19(17)23/h4-11,15H,3,12-14H2,1-2H3,(H,24,28)/t15-,23+/m0/s1. The van der Waals surface area contributed by atoms with E-state index >= 15 is 0 Å². The molecule has 1 aliphatic heterocycles. The van der Waals surface area contributed by atoms with Crippen molar-refractivity contribution >= 4 is 17.7 Å². The molecule has 0 aromatic heterocycles. The first kappa shape index (κ1) is 18.4. The van der Waals surface area contributed by atoms with E-state index < -0.39 is 11.6 Å². The van der Waals surface area contributed by atoms with E-state index in [2.05, 4.69) is 19.2 Å². The number of ketones is 1. The summed E-state index contributed by atoms with van der Waals surface area (Å²) in [5, 5.41) is 2.86. The zero-order valence-corrected chi connectivity index (χ0v) is 16.2. The molecule has 5 heteroatoms. The maximum atomic E-state index is 13.1. The number of nitrogens with zero attached hydrogens (tertiary/aromatic N) is 1. The molecule has 28 heavy (non-hydrogen) atoms. The van der Waals surface area contributed by atoms with E-state index in [9.17, 15) is 14.4 Å². The van der Waals surface area contributed by atoms with Crippen molar-refractivity contribution in [3.63, 3.8) is 0 Å². The molecule has 2 atom stereocenters. The number of aryl methyl sites for hydroxylation is 1. The molecule has 1 spiro atoms. The summed E-state index contributed by atoms with van der Waals surface area (Å²) < 4.78 is 0. The Morgan fingerprint density at radius 3 is 2.57 bits per heavy atom. The second-order valence-corrected chi connectivity index (χ2v) is 7.74. The van der Waals surface area contributed by atoms with E-state index in [1.165, 1.54) is 5.56 Å². The number of rotatable bonds is 5. The number of amides is 3. The number of hydrogen-bond donors (Lipinski definition) is 1. The van der Waals surface area contributed by atoms with Gasteiger partial charge in [0.2, 0.25) is 0 Å². The normalized spacial score (nSPS) is 21.7. The summed E-state index contributed by atoms with van der Waals surface area (Å²) in [5.41, 5.74) is 2.59. The van der Waals surface area contributed by atoms with E-state index in [0.717, 1.165) is 28.9 Å². The van der Waals surface area contributed by atoms with Crippen LogP contribution in [0.5, 0.6) is 0 Å². The fourth-order valence-electron chi connectivity index (χ4n) is 4.20. The third-order valence-electron chi connectivity index (χ3n) is 6.14. The largest absolute Gasteiger partial charge is 0.325 e. The first-order chi connectivity index (χ1) is 13.5. The minimum Gasteiger partial charge on any atom is -0.319 e. The van der Waals surface area contributed by atoms with E-state index in [-0.39, 0.29) is 18.2 Å². The molecule has 2 aromatic carbocycles. The first-order valence-electron chi connectivity index (χ1n) is 9.82. The molecule has 3 amide bonds. The lowest BCUT2D eigenvalue weighted by molar-refractivity contribution is -0.131. The Morgan fingerprint density at radius 2 is 1.86 bits per heavy atom. The maximum absolute atomic E-state index is 13.1. The number of Topliss-reactive ketones (excluding diaryl/α,β-unsaturated/α-hetero) is 1. The second kappa shape index (κ2) is 6.89. The van der Waals surface area contributed by atoms with Gasteiger partial charge in [-0.05, 0) is 41.9 Å². The molecule has 1 heterocycles. The van der Waals surface area contributed by atoms with Gasteiger partial charge >= 0.3 is 6.03 Å². The monoisotopic (exact) mass is 376 g/mol. The van der Waals surface area contributed by atoms with Crippen molar-refractivity contribution in [3.8, 4) is 0 Å². The van der Waals surface area contributed by atoms with Crippen LogP contribution in [0.25, 0.3) is 0 Å². The topological polar surface area (TPSA) is 66.5 Å². The molecule has 2 aliphatic rings. The molecule has 0 unspecified atom stereocenters. The third kappa shape index (κ3) is 2.82. The molecule has 5 nitrogen and oxygen atoms in total. The van der Waals surface area contributed by atoms with Gasteiger partial charge in [-0.1, -0.05) is 62.4 Å². The minimum absolute atomic E-state index is 0.234. The number of nitrogens with one attached hydrogen (secondary N) is 1. The van der Waals surface area contributed by atoms with Crippen molar-refractivity contribution in [2.24, 2.45) is 0 Å². The molecule has 1 saturated heterocycles. The Balaban J connectivity index is 1.54. The second-order valence-electron chi connectivity index (χ2n) is 7.74. The average Bonchev–Trinajstić information content (AvgIpc) is 3.21. The molecule has 0 radical (unpaired) electrons. The van der Waals surface area contributed by atoms with Crippen molar-refractivity contribution in [2.75, 3.05) is 6.54 Å². The van der Waals surface area contributed by atoms with Gasteiger partial charge in [0, 0.05) is 5.56 Å². The van der Waals surface area contributed by atoms with Crippen LogP contribution in [0.2, 0.25) is 0 Å². The van der Waals surface area contributed by atoms with Crippen LogP contribution in [0.4, 0.5) is 4.79 Å². The number of imide groups is 1. The van der Waals surface area contributed by atoms with Crippen molar-refractivity contribution < 1.29 is 14.4 Å². The smallest absolute Gasteiger partial charge is 0.319 e. The third-order valence-corrected chi connectivity index (χ3v) is 6.14. The van der Waals surface area contributed by atoms with Crippen LogP contribution in [0.1, 0.15) is 59.7 Å². The SMILES string of the molecule is CC[C@H](C)c1ccc(C(=O)CN2C(=O)N[C@@]3(CCc4ccccc43)C2=O)cc1. The number of fused-ring (bicyclic) bond motifs is 2. The minimum atomic E-state index is -1.02. The van der Waals surface area contributed by atoms with Crippen LogP contribution in [0.15, 0.2) is 48.5 Å². The molecule has 0 bridgehead atoms. The predicted molar refractivity (Wildman–Crippen MR) is 106 cm³/mol. The lowest BCUT2D eigenvalue weighted by Crippen LogP contribution is -2.42. The fraction of sp³-hybridized carbons (Fsp3) is 0.348. The summed E-state index contributed by atoms with van der Waals surface area (Å²) in [6.07, 6.45) is 2.30. The quantitative estimate of drug-likeness (QED) is 0.638. The summed E-state index contributed by atoms with van der Waals surface area (Å²) in [6, 6.07) is 14.6. The number of carbonyl (C=O) groups excluding carboxylic acids is 3. The Bertz CT molecular complexity index is 951. The Hall–Kier alpha value is -2.95. The highest BCUT2D eigenvalue weighted by molar-refractivity contribution is 6.11. The van der Waals surface area contributed by atoms with E-state index in [1.54, 1.807) is 12.1 Å². The van der Waals surface area contributed by atoms with Crippen LogP contribution in [-0.2, 0) is 16.8 Å². The van der Waals surface area contributed by atoms with Crippen LogP contribution in [0.3, 0.4) is 0 Å². The van der Waals surface area contributed by atoms with Crippen LogP contribution in [0, 0.1) is 0 Å². The van der Waals surface area contributed by atoms with E-state index in [1.807, 2.05) is 36.4 Å². The van der Waals surface area contributed by atoms with Gasteiger partial charge in [-0.25, -0.2) is 4.79 Å². The van der Waals surface area contributed by atoms with Gasteiger partial charge in [0.25, 0.3) is 5.91 Å². The lowest BCUT2D eigenvalue weighted by Gasteiger charge is -2.22. The highest BCUT2D eigenvalue weighted by Crippen LogP contribution is 2.41. The predicted octanol–water partition coefficient (Wildman–Crippen LogP) is 3.78. The van der Waals surface area contributed by atoms with Gasteiger partial charge in [0.1, 0.15) is 5.54 Å². The zero-order valence-electron chi connectivity index (χ0n) is 16.2. The number of carbonyl (C=O) groups is 3. The lowest BCUT2D eigenvalue weighted by atomic mass is 9.92. The van der Waals surface area contributed by atoms with Crippen molar-refractivity contribution in [2.45, 2.75) is 44.6 Å². The Kier molecular flexibility index (Phi) is 4.53. The van der Waals surface area contributed by atoms with Gasteiger partial charge in [0.05, 0.1) is 6.54 Å². The van der Waals surface area contributed by atoms with Crippen molar-refractivity contribution in [1.29, 1.82) is 0 Å². The Morgan fingerprint density at radius 1 is 1.14 bits per heavy atom. The van der Waals surface area contributed by atoms with Crippen LogP contribution in [-0.4, -0.2) is 29.2 Å².